The highest BCUT2D eigenvalue weighted by Gasteiger charge is 2.16. The average Bonchev–Trinajstić information content (AvgIpc) is 3.12. The standard InChI is InChI=1S/C21H15BrFN3S/c22-17-6-4-5-16(13-17)20-24-25-21(26(20)19-7-2-1-3-8-19)27-14-15-9-11-18(23)12-10-15/h1-13H,14H2. The molecule has 0 saturated heterocycles. The lowest BCUT2D eigenvalue weighted by molar-refractivity contribution is 0.627. The van der Waals surface area contributed by atoms with Crippen LogP contribution in [-0.2, 0) is 5.75 Å². The summed E-state index contributed by atoms with van der Waals surface area (Å²) in [4.78, 5) is 0. The molecule has 0 N–H and O–H groups in total. The SMILES string of the molecule is Fc1ccc(CSc2nnc(-c3cccc(Br)c3)n2-c2ccccc2)cc1. The highest BCUT2D eigenvalue weighted by molar-refractivity contribution is 9.10. The van der Waals surface area contributed by atoms with Gasteiger partial charge in [-0.15, -0.1) is 10.2 Å². The Bertz CT molecular complexity index is 1050. The van der Waals surface area contributed by atoms with Gasteiger partial charge in [0.15, 0.2) is 11.0 Å². The predicted octanol–water partition coefficient (Wildman–Crippen LogP) is 6.13. The minimum Gasteiger partial charge on any atom is -0.270 e. The molecule has 0 bridgehead atoms. The molecule has 0 unspecified atom stereocenters. The second-order valence-corrected chi connectivity index (χ2v) is 7.76. The molecule has 0 amide bonds. The van der Waals surface area contributed by atoms with Gasteiger partial charge in [-0.25, -0.2) is 4.39 Å². The molecule has 4 rings (SSSR count). The van der Waals surface area contributed by atoms with Crippen molar-refractivity contribution in [3.05, 3.63) is 94.7 Å². The zero-order valence-corrected chi connectivity index (χ0v) is 16.6. The van der Waals surface area contributed by atoms with E-state index in [-0.39, 0.29) is 5.82 Å². The van der Waals surface area contributed by atoms with Crippen LogP contribution in [0.25, 0.3) is 17.1 Å². The van der Waals surface area contributed by atoms with Gasteiger partial charge in [0, 0.05) is 21.5 Å². The van der Waals surface area contributed by atoms with Gasteiger partial charge in [0.1, 0.15) is 5.82 Å². The molecule has 27 heavy (non-hydrogen) atoms. The van der Waals surface area contributed by atoms with Crippen LogP contribution in [0.4, 0.5) is 4.39 Å². The lowest BCUT2D eigenvalue weighted by atomic mass is 10.2. The highest BCUT2D eigenvalue weighted by Crippen LogP contribution is 2.30. The monoisotopic (exact) mass is 439 g/mol. The third-order valence-corrected chi connectivity index (χ3v) is 5.51. The molecule has 1 aromatic heterocycles. The lowest BCUT2D eigenvalue weighted by Crippen LogP contribution is -1.99. The van der Waals surface area contributed by atoms with Crippen molar-refractivity contribution in [1.82, 2.24) is 14.8 Å². The van der Waals surface area contributed by atoms with Gasteiger partial charge in [-0.1, -0.05) is 70.2 Å². The molecular weight excluding hydrogens is 425 g/mol. The fourth-order valence-corrected chi connectivity index (χ4v) is 4.02. The van der Waals surface area contributed by atoms with E-state index in [1.807, 2.05) is 54.6 Å². The van der Waals surface area contributed by atoms with E-state index in [1.54, 1.807) is 23.9 Å². The van der Waals surface area contributed by atoms with E-state index in [2.05, 4.69) is 30.7 Å². The number of benzene rings is 3. The largest absolute Gasteiger partial charge is 0.270 e. The first kappa shape index (κ1) is 17.9. The molecule has 4 aromatic rings. The van der Waals surface area contributed by atoms with Crippen LogP contribution in [0.2, 0.25) is 0 Å². The van der Waals surface area contributed by atoms with E-state index >= 15 is 0 Å². The molecule has 0 atom stereocenters. The van der Waals surface area contributed by atoms with Crippen molar-refractivity contribution in [2.45, 2.75) is 10.9 Å². The molecule has 0 spiro atoms. The van der Waals surface area contributed by atoms with Gasteiger partial charge < -0.3 is 0 Å². The minimum atomic E-state index is -0.229. The van der Waals surface area contributed by atoms with Crippen molar-refractivity contribution in [3.8, 4) is 17.1 Å². The molecule has 0 fully saturated rings. The van der Waals surface area contributed by atoms with E-state index in [9.17, 15) is 4.39 Å². The van der Waals surface area contributed by atoms with Crippen LogP contribution in [-0.4, -0.2) is 14.8 Å². The van der Waals surface area contributed by atoms with Gasteiger partial charge in [0.2, 0.25) is 0 Å². The zero-order chi connectivity index (χ0) is 18.6. The van der Waals surface area contributed by atoms with Gasteiger partial charge >= 0.3 is 0 Å². The Morgan fingerprint density at radius 3 is 2.41 bits per heavy atom. The highest BCUT2D eigenvalue weighted by atomic mass is 79.9. The molecule has 0 radical (unpaired) electrons. The van der Waals surface area contributed by atoms with E-state index in [1.165, 1.54) is 12.1 Å². The number of para-hydroxylation sites is 1. The van der Waals surface area contributed by atoms with Crippen LogP contribution in [0.15, 0.2) is 88.5 Å². The first-order valence-electron chi connectivity index (χ1n) is 8.35. The Morgan fingerprint density at radius 2 is 1.67 bits per heavy atom. The normalized spacial score (nSPS) is 10.9. The van der Waals surface area contributed by atoms with Crippen LogP contribution >= 0.6 is 27.7 Å². The summed E-state index contributed by atoms with van der Waals surface area (Å²) in [6.07, 6.45) is 0. The first-order valence-corrected chi connectivity index (χ1v) is 10.1. The van der Waals surface area contributed by atoms with Crippen LogP contribution in [0.5, 0.6) is 0 Å². The van der Waals surface area contributed by atoms with Crippen molar-refractivity contribution < 1.29 is 4.39 Å². The predicted molar refractivity (Wildman–Crippen MR) is 110 cm³/mol. The molecular formula is C21H15BrFN3S. The second kappa shape index (κ2) is 8.06. The number of thioether (sulfide) groups is 1. The van der Waals surface area contributed by atoms with Crippen molar-refractivity contribution in [2.75, 3.05) is 0 Å². The Labute approximate surface area is 169 Å². The molecule has 3 nitrogen and oxygen atoms in total. The lowest BCUT2D eigenvalue weighted by Gasteiger charge is -2.10. The summed E-state index contributed by atoms with van der Waals surface area (Å²) in [7, 11) is 0. The maximum Gasteiger partial charge on any atom is 0.196 e. The molecule has 0 aliphatic rings. The number of nitrogens with zero attached hydrogens (tertiary/aromatic N) is 3. The van der Waals surface area contributed by atoms with Gasteiger partial charge in [0.25, 0.3) is 0 Å². The molecule has 3 aromatic carbocycles. The Kier molecular flexibility index (Phi) is 5.36. The Morgan fingerprint density at radius 1 is 0.889 bits per heavy atom. The summed E-state index contributed by atoms with van der Waals surface area (Å²) >= 11 is 5.10. The van der Waals surface area contributed by atoms with E-state index in [0.29, 0.717) is 5.75 Å². The minimum absolute atomic E-state index is 0.229. The molecule has 0 saturated carbocycles. The van der Waals surface area contributed by atoms with Gasteiger partial charge in [-0.2, -0.15) is 0 Å². The average molecular weight is 440 g/mol. The number of rotatable bonds is 5. The van der Waals surface area contributed by atoms with E-state index in [4.69, 9.17) is 0 Å². The third-order valence-electron chi connectivity index (χ3n) is 4.01. The van der Waals surface area contributed by atoms with Crippen LogP contribution in [0, 0.1) is 5.82 Å². The number of halogens is 2. The van der Waals surface area contributed by atoms with Crippen LogP contribution in [0.3, 0.4) is 0 Å². The van der Waals surface area contributed by atoms with Crippen molar-refractivity contribution in [2.24, 2.45) is 0 Å². The Hall–Kier alpha value is -2.44. The molecule has 6 heteroatoms. The van der Waals surface area contributed by atoms with Gasteiger partial charge in [-0.05, 0) is 42.0 Å². The van der Waals surface area contributed by atoms with Gasteiger partial charge in [0.05, 0.1) is 0 Å². The third kappa shape index (κ3) is 4.12. The topological polar surface area (TPSA) is 30.7 Å². The fourth-order valence-electron chi connectivity index (χ4n) is 2.72. The number of hydrogen-bond acceptors (Lipinski definition) is 3. The van der Waals surface area contributed by atoms with E-state index < -0.39 is 0 Å². The molecule has 134 valence electrons. The first-order chi connectivity index (χ1) is 13.2. The number of aromatic nitrogens is 3. The number of hydrogen-bond donors (Lipinski definition) is 0. The van der Waals surface area contributed by atoms with Crippen molar-refractivity contribution in [3.63, 3.8) is 0 Å². The molecule has 0 aliphatic carbocycles. The summed E-state index contributed by atoms with van der Waals surface area (Å²) in [6.45, 7) is 0. The van der Waals surface area contributed by atoms with Crippen molar-refractivity contribution in [1.29, 1.82) is 0 Å². The summed E-state index contributed by atoms with van der Waals surface area (Å²) in [5.74, 6) is 1.24. The van der Waals surface area contributed by atoms with Gasteiger partial charge in [-0.3, -0.25) is 4.57 Å². The fraction of sp³-hybridized carbons (Fsp3) is 0.0476. The summed E-state index contributed by atoms with van der Waals surface area (Å²) in [5, 5.41) is 9.65. The van der Waals surface area contributed by atoms with Crippen LogP contribution in [0.1, 0.15) is 5.56 Å². The zero-order valence-electron chi connectivity index (χ0n) is 14.2. The summed E-state index contributed by atoms with van der Waals surface area (Å²) in [5.41, 5.74) is 3.02. The summed E-state index contributed by atoms with van der Waals surface area (Å²) in [6, 6.07) is 24.6. The Balaban J connectivity index is 1.72. The van der Waals surface area contributed by atoms with Crippen LogP contribution < -0.4 is 0 Å². The quantitative estimate of drug-likeness (QED) is 0.350. The maximum atomic E-state index is 13.1. The molecule has 0 aliphatic heterocycles. The van der Waals surface area contributed by atoms with Crippen molar-refractivity contribution >= 4 is 27.7 Å². The smallest absolute Gasteiger partial charge is 0.196 e. The second-order valence-electron chi connectivity index (χ2n) is 5.90. The van der Waals surface area contributed by atoms with E-state index in [0.717, 1.165) is 32.3 Å². The summed E-state index contributed by atoms with van der Waals surface area (Å²) < 4.78 is 16.2. The maximum absolute atomic E-state index is 13.1. The molecule has 1 heterocycles.